The van der Waals surface area contributed by atoms with Crippen molar-refractivity contribution in [2.24, 2.45) is 5.92 Å². The summed E-state index contributed by atoms with van der Waals surface area (Å²) >= 11 is 1.44. The Bertz CT molecular complexity index is 1080. The molecule has 7 nitrogen and oxygen atoms in total. The van der Waals surface area contributed by atoms with Gasteiger partial charge in [-0.3, -0.25) is 9.89 Å². The fourth-order valence-corrected chi connectivity index (χ4v) is 3.54. The van der Waals surface area contributed by atoms with Gasteiger partial charge in [0.1, 0.15) is 6.20 Å². The number of nitrogens with one attached hydrogen (secondary N) is 3. The highest BCUT2D eigenvalue weighted by Gasteiger charge is 2.20. The average Bonchev–Trinajstić information content (AvgIpc) is 3.39. The molecule has 3 N–H and O–H groups in total. The molecule has 1 atom stereocenters. The second kappa shape index (κ2) is 6.96. The third kappa shape index (κ3) is 3.35. The van der Waals surface area contributed by atoms with E-state index in [1.54, 1.807) is 6.20 Å². The second-order valence-electron chi connectivity index (χ2n) is 6.92. The largest absolute Gasteiger partial charge is 0.355 e. The number of hydrogen-bond donors (Lipinski definition) is 3. The summed E-state index contributed by atoms with van der Waals surface area (Å²) in [4.78, 5) is 17.7. The normalized spacial score (nSPS) is 12.6. The van der Waals surface area contributed by atoms with Crippen molar-refractivity contribution in [2.45, 2.75) is 26.8 Å². The predicted octanol–water partition coefficient (Wildman–Crippen LogP) is 3.04. The number of aromatic amines is 2. The number of carbonyl (C=O) groups is 1. The van der Waals surface area contributed by atoms with Crippen LogP contribution in [-0.4, -0.2) is 32.2 Å². The molecule has 0 aliphatic rings. The average molecular weight is 381 g/mol. The van der Waals surface area contributed by atoms with Gasteiger partial charge in [-0.05, 0) is 29.3 Å². The molecule has 0 aliphatic carbocycles. The lowest BCUT2D eigenvalue weighted by molar-refractivity contribution is -0.578. The van der Waals surface area contributed by atoms with Crippen molar-refractivity contribution >= 4 is 22.9 Å². The topological polar surface area (TPSA) is 90.6 Å². The minimum atomic E-state index is -0.0323. The maximum absolute atomic E-state index is 12.4. The molecule has 0 aliphatic heterocycles. The standard InChI is InChI=1S/C19H20N6OS/c1-11(2)12(3)24-19(26)17-4-13(10-27-17)16-8-23-25-9-15(5-20-18(16)25)14-6-21-22-7-14/h4-12H,1-3H3,(H2,21,22,24,26)/p+1. The van der Waals surface area contributed by atoms with Gasteiger partial charge in [-0.1, -0.05) is 13.8 Å². The van der Waals surface area contributed by atoms with Gasteiger partial charge in [0.05, 0.1) is 28.4 Å². The highest BCUT2D eigenvalue weighted by atomic mass is 32.1. The van der Waals surface area contributed by atoms with Crippen LogP contribution in [0.4, 0.5) is 0 Å². The third-order valence-corrected chi connectivity index (χ3v) is 5.66. The molecule has 4 rings (SSSR count). The Morgan fingerprint density at radius 2 is 2.04 bits per heavy atom. The van der Waals surface area contributed by atoms with Gasteiger partial charge in [-0.25, -0.2) is 5.10 Å². The fourth-order valence-electron chi connectivity index (χ4n) is 2.73. The Labute approximate surface area is 160 Å². The zero-order chi connectivity index (χ0) is 19.0. The third-order valence-electron chi connectivity index (χ3n) is 4.74. The van der Waals surface area contributed by atoms with Crippen LogP contribution in [-0.2, 0) is 0 Å². The Balaban J connectivity index is 1.62. The summed E-state index contributed by atoms with van der Waals surface area (Å²) in [6, 6.07) is 2.05. The van der Waals surface area contributed by atoms with Crippen LogP contribution < -0.4 is 9.83 Å². The smallest absolute Gasteiger partial charge is 0.349 e. The molecule has 0 spiro atoms. The van der Waals surface area contributed by atoms with Gasteiger partial charge >= 0.3 is 5.65 Å². The van der Waals surface area contributed by atoms with Crippen LogP contribution in [0.1, 0.15) is 30.4 Å². The van der Waals surface area contributed by atoms with Crippen LogP contribution in [0, 0.1) is 5.92 Å². The maximum atomic E-state index is 12.4. The molecule has 27 heavy (non-hydrogen) atoms. The highest BCUT2D eigenvalue weighted by molar-refractivity contribution is 7.12. The van der Waals surface area contributed by atoms with Gasteiger partial charge in [-0.2, -0.15) is 5.10 Å². The lowest BCUT2D eigenvalue weighted by Gasteiger charge is -2.16. The summed E-state index contributed by atoms with van der Waals surface area (Å²) in [6.07, 6.45) is 9.29. The number of amides is 1. The first-order valence-corrected chi connectivity index (χ1v) is 9.68. The number of hydrogen-bond acceptors (Lipinski definition) is 4. The van der Waals surface area contributed by atoms with Gasteiger partial charge in [0, 0.05) is 23.4 Å². The van der Waals surface area contributed by atoms with Gasteiger partial charge in [0.15, 0.2) is 6.20 Å². The van der Waals surface area contributed by atoms with E-state index in [-0.39, 0.29) is 11.9 Å². The molecule has 4 aromatic heterocycles. The first kappa shape index (κ1) is 17.4. The zero-order valence-corrected chi connectivity index (χ0v) is 16.2. The van der Waals surface area contributed by atoms with E-state index in [4.69, 9.17) is 0 Å². The first-order valence-electron chi connectivity index (χ1n) is 8.80. The first-order chi connectivity index (χ1) is 13.0. The van der Waals surface area contributed by atoms with E-state index in [9.17, 15) is 4.79 Å². The molecule has 8 heteroatoms. The van der Waals surface area contributed by atoms with E-state index in [0.29, 0.717) is 10.8 Å². The summed E-state index contributed by atoms with van der Waals surface area (Å²) in [5, 5.41) is 15.0. The van der Waals surface area contributed by atoms with E-state index in [1.165, 1.54) is 11.3 Å². The molecule has 0 bridgehead atoms. The van der Waals surface area contributed by atoms with Crippen molar-refractivity contribution in [1.82, 2.24) is 25.6 Å². The van der Waals surface area contributed by atoms with E-state index in [2.05, 4.69) is 39.4 Å². The number of fused-ring (bicyclic) bond motifs is 1. The van der Waals surface area contributed by atoms with E-state index in [0.717, 1.165) is 27.9 Å². The number of H-pyrrole nitrogens is 2. The number of nitrogens with zero attached hydrogens (tertiary/aromatic N) is 3. The summed E-state index contributed by atoms with van der Waals surface area (Å²) in [5.41, 5.74) is 4.68. The molecular formula is C19H21N6OS+. The molecule has 138 valence electrons. The molecule has 4 heterocycles. The summed E-state index contributed by atoms with van der Waals surface area (Å²) in [6.45, 7) is 6.21. The number of rotatable bonds is 5. The summed E-state index contributed by atoms with van der Waals surface area (Å²) in [7, 11) is 0. The molecule has 1 unspecified atom stereocenters. The van der Waals surface area contributed by atoms with Gasteiger partial charge in [0.2, 0.25) is 0 Å². The lowest BCUT2D eigenvalue weighted by Crippen LogP contribution is -2.35. The Morgan fingerprint density at radius 3 is 2.78 bits per heavy atom. The Kier molecular flexibility index (Phi) is 4.49. The van der Waals surface area contributed by atoms with Crippen LogP contribution in [0.3, 0.4) is 0 Å². The van der Waals surface area contributed by atoms with Crippen molar-refractivity contribution in [2.75, 3.05) is 0 Å². The lowest BCUT2D eigenvalue weighted by atomic mass is 10.1. The molecule has 0 radical (unpaired) electrons. The van der Waals surface area contributed by atoms with Crippen molar-refractivity contribution in [3.63, 3.8) is 0 Å². The second-order valence-corrected chi connectivity index (χ2v) is 7.83. The van der Waals surface area contributed by atoms with Crippen molar-refractivity contribution < 1.29 is 9.31 Å². The summed E-state index contributed by atoms with van der Waals surface area (Å²) < 4.78 is 1.87. The number of aromatic nitrogens is 5. The molecule has 0 saturated carbocycles. The quantitative estimate of drug-likeness (QED) is 0.464. The van der Waals surface area contributed by atoms with Crippen molar-refractivity contribution in [3.05, 3.63) is 47.3 Å². The van der Waals surface area contributed by atoms with Gasteiger partial charge < -0.3 is 5.32 Å². The number of thiophene rings is 1. The van der Waals surface area contributed by atoms with E-state index < -0.39 is 0 Å². The Morgan fingerprint density at radius 1 is 1.19 bits per heavy atom. The Hall–Kier alpha value is -3.00. The molecule has 4 aromatic rings. The maximum Gasteiger partial charge on any atom is 0.355 e. The molecule has 0 saturated heterocycles. The van der Waals surface area contributed by atoms with Crippen LogP contribution in [0.5, 0.6) is 0 Å². The molecule has 0 fully saturated rings. The highest BCUT2D eigenvalue weighted by Crippen LogP contribution is 2.27. The van der Waals surface area contributed by atoms with Crippen LogP contribution in [0.15, 0.2) is 42.4 Å². The number of carbonyl (C=O) groups excluding carboxylic acids is 1. The SMILES string of the molecule is CC(C)C(C)NC(=O)c1cc(-c2c[nH][n+]3cc(-c4cn[nH]c4)cnc23)cs1. The van der Waals surface area contributed by atoms with Crippen molar-refractivity contribution in [3.8, 4) is 22.3 Å². The monoisotopic (exact) mass is 381 g/mol. The molecule has 1 amide bonds. The molecule has 0 aromatic carbocycles. The van der Waals surface area contributed by atoms with Gasteiger partial charge in [-0.15, -0.1) is 15.9 Å². The minimum absolute atomic E-state index is 0.0323. The van der Waals surface area contributed by atoms with Crippen LogP contribution >= 0.6 is 11.3 Å². The van der Waals surface area contributed by atoms with Gasteiger partial charge in [0.25, 0.3) is 5.91 Å². The summed E-state index contributed by atoms with van der Waals surface area (Å²) in [5.74, 6) is 0.363. The van der Waals surface area contributed by atoms with Crippen molar-refractivity contribution in [1.29, 1.82) is 0 Å². The van der Waals surface area contributed by atoms with Crippen LogP contribution in [0.25, 0.3) is 27.9 Å². The van der Waals surface area contributed by atoms with E-state index in [1.807, 2.05) is 47.7 Å². The van der Waals surface area contributed by atoms with Crippen LogP contribution in [0.2, 0.25) is 0 Å². The zero-order valence-electron chi connectivity index (χ0n) is 15.4. The predicted molar refractivity (Wildman–Crippen MR) is 104 cm³/mol. The minimum Gasteiger partial charge on any atom is -0.349 e. The fraction of sp³-hybridized carbons (Fsp3) is 0.263. The van der Waals surface area contributed by atoms with E-state index >= 15 is 0 Å². The molecular weight excluding hydrogens is 360 g/mol.